The lowest BCUT2D eigenvalue weighted by Gasteiger charge is -2.36. The summed E-state index contributed by atoms with van der Waals surface area (Å²) < 4.78 is 6.13. The largest absolute Gasteiger partial charge is 0.349 e. The van der Waals surface area contributed by atoms with Crippen molar-refractivity contribution in [3.63, 3.8) is 0 Å². The van der Waals surface area contributed by atoms with Gasteiger partial charge in [-0.3, -0.25) is 9.67 Å². The zero-order chi connectivity index (χ0) is 16.9. The Morgan fingerprint density at radius 2 is 2.08 bits per heavy atom. The highest BCUT2D eigenvalue weighted by atomic mass is 127. The fourth-order valence-electron chi connectivity index (χ4n) is 2.60. The van der Waals surface area contributed by atoms with E-state index in [9.17, 15) is 0 Å². The summed E-state index contributed by atoms with van der Waals surface area (Å²) >= 11 is 1.49. The van der Waals surface area contributed by atoms with Crippen LogP contribution in [0.5, 0.6) is 0 Å². The van der Waals surface area contributed by atoms with Crippen molar-refractivity contribution < 1.29 is 0 Å². The Bertz CT molecular complexity index is 690. The SMILES string of the molecule is CCc1nsc(N2CCN(C(=NC)NCc3ncnn3C)CC2)n1.I. The van der Waals surface area contributed by atoms with Gasteiger partial charge in [0.15, 0.2) is 5.96 Å². The predicted octanol–water partition coefficient (Wildman–Crippen LogP) is 0.745. The number of aryl methyl sites for hydroxylation is 2. The van der Waals surface area contributed by atoms with Gasteiger partial charge in [0.1, 0.15) is 18.0 Å². The van der Waals surface area contributed by atoms with Crippen molar-refractivity contribution in [1.29, 1.82) is 0 Å². The van der Waals surface area contributed by atoms with Crippen molar-refractivity contribution in [2.45, 2.75) is 19.9 Å². The van der Waals surface area contributed by atoms with Gasteiger partial charge in [0.2, 0.25) is 5.13 Å². The number of guanidine groups is 1. The van der Waals surface area contributed by atoms with Crippen molar-refractivity contribution in [2.75, 3.05) is 38.1 Å². The number of anilines is 1. The standard InChI is InChI=1S/C14H23N9S.HI/c1-4-11-19-14(24-20-11)23-7-5-22(6-8-23)13(15-2)16-9-12-17-10-18-21(12)3;/h10H,4-9H2,1-3H3,(H,15,16);1H. The van der Waals surface area contributed by atoms with Gasteiger partial charge in [-0.1, -0.05) is 6.92 Å². The van der Waals surface area contributed by atoms with Crippen molar-refractivity contribution in [1.82, 2.24) is 34.3 Å². The molecule has 0 atom stereocenters. The zero-order valence-electron chi connectivity index (χ0n) is 14.7. The van der Waals surface area contributed by atoms with Gasteiger partial charge in [-0.2, -0.15) is 9.47 Å². The number of hydrogen-bond acceptors (Lipinski definition) is 7. The summed E-state index contributed by atoms with van der Waals surface area (Å²) in [4.78, 5) is 17.7. The second-order valence-corrected chi connectivity index (χ2v) is 6.25. The molecule has 0 saturated carbocycles. The van der Waals surface area contributed by atoms with Crippen LogP contribution in [0.2, 0.25) is 0 Å². The lowest BCUT2D eigenvalue weighted by molar-refractivity contribution is 0.371. The zero-order valence-corrected chi connectivity index (χ0v) is 17.9. The highest BCUT2D eigenvalue weighted by Crippen LogP contribution is 2.19. The van der Waals surface area contributed by atoms with Gasteiger partial charge in [-0.25, -0.2) is 9.97 Å². The van der Waals surface area contributed by atoms with E-state index < -0.39 is 0 Å². The van der Waals surface area contributed by atoms with Gasteiger partial charge in [0, 0.05) is 58.2 Å². The van der Waals surface area contributed by atoms with Crippen LogP contribution < -0.4 is 10.2 Å². The maximum absolute atomic E-state index is 4.57. The van der Waals surface area contributed by atoms with Crippen molar-refractivity contribution in [2.24, 2.45) is 12.0 Å². The maximum Gasteiger partial charge on any atom is 0.205 e. The Hall–Kier alpha value is -1.50. The molecule has 1 fully saturated rings. The van der Waals surface area contributed by atoms with Crippen molar-refractivity contribution >= 4 is 46.6 Å². The molecule has 1 saturated heterocycles. The van der Waals surface area contributed by atoms with Gasteiger partial charge in [-0.15, -0.1) is 24.0 Å². The average Bonchev–Trinajstić information content (AvgIpc) is 3.25. The van der Waals surface area contributed by atoms with Crippen LogP contribution in [0.25, 0.3) is 0 Å². The minimum absolute atomic E-state index is 0. The van der Waals surface area contributed by atoms with E-state index in [0.29, 0.717) is 6.54 Å². The molecule has 0 radical (unpaired) electrons. The van der Waals surface area contributed by atoms with Gasteiger partial charge in [-0.05, 0) is 0 Å². The molecule has 0 unspecified atom stereocenters. The van der Waals surface area contributed by atoms with Gasteiger partial charge >= 0.3 is 0 Å². The van der Waals surface area contributed by atoms with Gasteiger partial charge in [0.25, 0.3) is 0 Å². The number of nitrogens with zero attached hydrogens (tertiary/aromatic N) is 8. The maximum atomic E-state index is 4.57. The Morgan fingerprint density at radius 1 is 1.32 bits per heavy atom. The lowest BCUT2D eigenvalue weighted by atomic mass is 10.3. The van der Waals surface area contributed by atoms with Crippen LogP contribution in [0.15, 0.2) is 11.3 Å². The summed E-state index contributed by atoms with van der Waals surface area (Å²) in [6.07, 6.45) is 2.44. The molecule has 2 aromatic rings. The molecule has 1 aliphatic rings. The topological polar surface area (TPSA) is 87.4 Å². The van der Waals surface area contributed by atoms with Crippen LogP contribution in [0.3, 0.4) is 0 Å². The van der Waals surface area contributed by atoms with Crippen LogP contribution in [0.1, 0.15) is 18.6 Å². The van der Waals surface area contributed by atoms with E-state index in [1.54, 1.807) is 11.0 Å². The molecule has 3 heterocycles. The van der Waals surface area contributed by atoms with E-state index in [1.807, 2.05) is 14.1 Å². The molecule has 0 amide bonds. The minimum atomic E-state index is 0. The monoisotopic (exact) mass is 477 g/mol. The quantitative estimate of drug-likeness (QED) is 0.395. The fraction of sp³-hybridized carbons (Fsp3) is 0.643. The number of aliphatic imine (C=N–C) groups is 1. The molecule has 0 aliphatic carbocycles. The molecule has 3 rings (SSSR count). The van der Waals surface area contributed by atoms with Crippen LogP contribution in [-0.2, 0) is 20.0 Å². The molecular weight excluding hydrogens is 453 g/mol. The van der Waals surface area contributed by atoms with E-state index in [-0.39, 0.29) is 24.0 Å². The first kappa shape index (κ1) is 19.8. The van der Waals surface area contributed by atoms with Crippen LogP contribution in [-0.4, -0.2) is 68.2 Å². The summed E-state index contributed by atoms with van der Waals surface area (Å²) in [5, 5.41) is 8.46. The second kappa shape index (κ2) is 9.27. The van der Waals surface area contributed by atoms with Crippen LogP contribution >= 0.6 is 35.5 Å². The Morgan fingerprint density at radius 3 is 2.64 bits per heavy atom. The molecule has 2 aromatic heterocycles. The van der Waals surface area contributed by atoms with E-state index in [4.69, 9.17) is 0 Å². The molecule has 138 valence electrons. The number of hydrogen-bond donors (Lipinski definition) is 1. The van der Waals surface area contributed by atoms with E-state index in [1.165, 1.54) is 11.5 Å². The third-order valence-electron chi connectivity index (χ3n) is 4.04. The van der Waals surface area contributed by atoms with E-state index >= 15 is 0 Å². The highest BCUT2D eigenvalue weighted by Gasteiger charge is 2.22. The van der Waals surface area contributed by atoms with Crippen LogP contribution in [0.4, 0.5) is 5.13 Å². The summed E-state index contributed by atoms with van der Waals surface area (Å²) in [5.74, 6) is 2.71. The first-order valence-electron chi connectivity index (χ1n) is 8.07. The normalized spacial score (nSPS) is 15.2. The molecular formula is C14H24IN9S. The summed E-state index contributed by atoms with van der Waals surface area (Å²) in [5.41, 5.74) is 0. The second-order valence-electron chi connectivity index (χ2n) is 5.52. The number of halogens is 1. The highest BCUT2D eigenvalue weighted by molar-refractivity contribution is 14.0. The molecule has 25 heavy (non-hydrogen) atoms. The first-order valence-corrected chi connectivity index (χ1v) is 8.84. The Kier molecular flexibility index (Phi) is 7.35. The smallest absolute Gasteiger partial charge is 0.205 e. The lowest BCUT2D eigenvalue weighted by Crippen LogP contribution is -2.52. The molecule has 9 nitrogen and oxygen atoms in total. The molecule has 0 spiro atoms. The Labute approximate surface area is 168 Å². The third kappa shape index (κ3) is 4.77. The van der Waals surface area contributed by atoms with Gasteiger partial charge < -0.3 is 15.1 Å². The van der Waals surface area contributed by atoms with Crippen molar-refractivity contribution in [3.8, 4) is 0 Å². The fourth-order valence-corrected chi connectivity index (χ4v) is 3.40. The van der Waals surface area contributed by atoms with Crippen molar-refractivity contribution in [3.05, 3.63) is 18.0 Å². The first-order chi connectivity index (χ1) is 11.7. The minimum Gasteiger partial charge on any atom is -0.349 e. The molecule has 1 N–H and O–H groups in total. The summed E-state index contributed by atoms with van der Waals surface area (Å²) in [6.45, 7) is 6.33. The van der Waals surface area contributed by atoms with E-state index in [0.717, 1.165) is 55.3 Å². The Balaban J connectivity index is 0.00000225. The average molecular weight is 477 g/mol. The summed E-state index contributed by atoms with van der Waals surface area (Å²) in [7, 11) is 3.70. The number of nitrogens with one attached hydrogen (secondary N) is 1. The van der Waals surface area contributed by atoms with Gasteiger partial charge in [0.05, 0.1) is 6.54 Å². The predicted molar refractivity (Wildman–Crippen MR) is 110 cm³/mol. The van der Waals surface area contributed by atoms with Crippen LogP contribution in [0, 0.1) is 0 Å². The number of rotatable bonds is 4. The number of aromatic nitrogens is 5. The summed E-state index contributed by atoms with van der Waals surface area (Å²) in [6, 6.07) is 0. The van der Waals surface area contributed by atoms with E-state index in [2.05, 4.69) is 46.5 Å². The molecule has 11 heteroatoms. The molecule has 0 bridgehead atoms. The third-order valence-corrected chi connectivity index (χ3v) is 4.86. The molecule has 0 aromatic carbocycles. The molecule has 1 aliphatic heterocycles. The number of piperazine rings is 1.